The fraction of sp³-hybridized carbons (Fsp3) is 0.167. The summed E-state index contributed by atoms with van der Waals surface area (Å²) in [5, 5.41) is 0.992. The van der Waals surface area contributed by atoms with Gasteiger partial charge in [-0.1, -0.05) is 29.8 Å². The van der Waals surface area contributed by atoms with E-state index in [0.29, 0.717) is 5.88 Å². The molecule has 0 radical (unpaired) electrons. The van der Waals surface area contributed by atoms with Gasteiger partial charge in [0.1, 0.15) is 11.5 Å². The van der Waals surface area contributed by atoms with Gasteiger partial charge in [-0.2, -0.15) is 0 Å². The molecule has 0 bridgehead atoms. The van der Waals surface area contributed by atoms with Crippen molar-refractivity contribution in [1.82, 2.24) is 4.98 Å². The lowest BCUT2D eigenvalue weighted by Crippen LogP contribution is -1.93. The molecule has 1 heterocycles. The van der Waals surface area contributed by atoms with Gasteiger partial charge in [0.15, 0.2) is 0 Å². The summed E-state index contributed by atoms with van der Waals surface area (Å²) in [5.74, 6) is 2.02. The predicted molar refractivity (Wildman–Crippen MR) is 87.3 cm³/mol. The van der Waals surface area contributed by atoms with E-state index in [1.807, 2.05) is 49.4 Å². The number of aryl methyl sites for hydroxylation is 2. The van der Waals surface area contributed by atoms with Gasteiger partial charge in [-0.3, -0.25) is 4.98 Å². The Morgan fingerprint density at radius 3 is 2.57 bits per heavy atom. The van der Waals surface area contributed by atoms with Crippen molar-refractivity contribution in [2.45, 2.75) is 19.7 Å². The van der Waals surface area contributed by atoms with E-state index in [4.69, 9.17) is 16.3 Å². The van der Waals surface area contributed by atoms with Crippen molar-refractivity contribution in [2.24, 2.45) is 0 Å². The van der Waals surface area contributed by atoms with E-state index in [0.717, 1.165) is 33.7 Å². The van der Waals surface area contributed by atoms with Crippen LogP contribution in [-0.2, 0) is 5.88 Å². The Morgan fingerprint density at radius 2 is 1.81 bits per heavy atom. The molecule has 2 aromatic carbocycles. The molecule has 0 saturated heterocycles. The molecular formula is C18H16ClNO. The van der Waals surface area contributed by atoms with Crippen molar-refractivity contribution < 1.29 is 4.74 Å². The predicted octanol–water partition coefficient (Wildman–Crippen LogP) is 5.38. The van der Waals surface area contributed by atoms with E-state index >= 15 is 0 Å². The number of ether oxygens (including phenoxy) is 1. The molecule has 0 saturated carbocycles. The Morgan fingerprint density at radius 1 is 1.00 bits per heavy atom. The smallest absolute Gasteiger partial charge is 0.138 e. The van der Waals surface area contributed by atoms with Crippen LogP contribution in [0.15, 0.2) is 48.5 Å². The first-order chi connectivity index (χ1) is 10.2. The number of halogens is 1. The molecule has 0 unspecified atom stereocenters. The number of aromatic nitrogens is 1. The molecule has 0 aliphatic rings. The second-order valence-electron chi connectivity index (χ2n) is 5.13. The van der Waals surface area contributed by atoms with E-state index in [9.17, 15) is 0 Å². The largest absolute Gasteiger partial charge is 0.456 e. The van der Waals surface area contributed by atoms with Crippen LogP contribution in [0.3, 0.4) is 0 Å². The minimum Gasteiger partial charge on any atom is -0.456 e. The highest BCUT2D eigenvalue weighted by molar-refractivity contribution is 6.17. The zero-order valence-corrected chi connectivity index (χ0v) is 12.8. The van der Waals surface area contributed by atoms with E-state index in [2.05, 4.69) is 18.0 Å². The molecule has 3 rings (SSSR count). The summed E-state index contributed by atoms with van der Waals surface area (Å²) in [6.07, 6.45) is 0. The van der Waals surface area contributed by atoms with E-state index < -0.39 is 0 Å². The third-order valence-electron chi connectivity index (χ3n) is 3.42. The molecule has 0 spiro atoms. The van der Waals surface area contributed by atoms with Gasteiger partial charge in [-0.05, 0) is 37.6 Å². The second kappa shape index (κ2) is 5.74. The Hall–Kier alpha value is -2.06. The summed E-state index contributed by atoms with van der Waals surface area (Å²) in [4.78, 5) is 4.52. The number of hydrogen-bond acceptors (Lipinski definition) is 2. The van der Waals surface area contributed by atoms with Crippen molar-refractivity contribution >= 4 is 22.5 Å². The molecule has 21 heavy (non-hydrogen) atoms. The summed E-state index contributed by atoms with van der Waals surface area (Å²) >= 11 is 5.94. The molecule has 2 nitrogen and oxygen atoms in total. The zero-order valence-electron chi connectivity index (χ0n) is 12.1. The van der Waals surface area contributed by atoms with Gasteiger partial charge in [0.2, 0.25) is 0 Å². The van der Waals surface area contributed by atoms with Crippen LogP contribution in [-0.4, -0.2) is 4.98 Å². The summed E-state index contributed by atoms with van der Waals surface area (Å²) in [5.41, 5.74) is 4.05. The first-order valence-electron chi connectivity index (χ1n) is 6.87. The lowest BCUT2D eigenvalue weighted by Gasteiger charge is -2.12. The van der Waals surface area contributed by atoms with Crippen molar-refractivity contribution in [2.75, 3.05) is 0 Å². The highest BCUT2D eigenvalue weighted by Gasteiger charge is 2.09. The maximum absolute atomic E-state index is 6.12. The summed E-state index contributed by atoms with van der Waals surface area (Å²) in [6.45, 7) is 4.12. The van der Waals surface area contributed by atoms with Gasteiger partial charge in [0.25, 0.3) is 0 Å². The van der Waals surface area contributed by atoms with Crippen molar-refractivity contribution in [3.63, 3.8) is 0 Å². The third-order valence-corrected chi connectivity index (χ3v) is 3.69. The van der Waals surface area contributed by atoms with Gasteiger partial charge in [-0.25, -0.2) is 0 Å². The molecule has 1 aromatic heterocycles. The number of nitrogens with zero attached hydrogens (tertiary/aromatic N) is 1. The standard InChI is InChI=1S/C18H16ClNO/c1-12-7-8-17(13(2)9-12)21-18-10-14(11-19)20-16-6-4-3-5-15(16)18/h3-10H,11H2,1-2H3. The molecule has 0 aliphatic carbocycles. The van der Waals surface area contributed by atoms with Crippen molar-refractivity contribution in [3.05, 3.63) is 65.4 Å². The monoisotopic (exact) mass is 297 g/mol. The lowest BCUT2D eigenvalue weighted by molar-refractivity contribution is 0.483. The van der Waals surface area contributed by atoms with Crippen molar-refractivity contribution in [3.8, 4) is 11.5 Å². The quantitative estimate of drug-likeness (QED) is 0.605. The van der Waals surface area contributed by atoms with E-state index in [1.54, 1.807) is 0 Å². The average Bonchev–Trinajstić information content (AvgIpc) is 2.49. The van der Waals surface area contributed by atoms with E-state index in [1.165, 1.54) is 5.56 Å². The first kappa shape index (κ1) is 13.9. The highest BCUT2D eigenvalue weighted by Crippen LogP contribution is 2.32. The molecule has 3 aromatic rings. The van der Waals surface area contributed by atoms with Gasteiger partial charge in [-0.15, -0.1) is 11.6 Å². The molecule has 0 atom stereocenters. The van der Waals surface area contributed by atoms with Crippen LogP contribution in [0.4, 0.5) is 0 Å². The van der Waals surface area contributed by atoms with Crippen LogP contribution in [0.25, 0.3) is 10.9 Å². The molecule has 0 amide bonds. The van der Waals surface area contributed by atoms with Gasteiger partial charge >= 0.3 is 0 Å². The molecule has 3 heteroatoms. The Labute approximate surface area is 129 Å². The first-order valence-corrected chi connectivity index (χ1v) is 7.40. The molecular weight excluding hydrogens is 282 g/mol. The molecule has 0 aliphatic heterocycles. The maximum Gasteiger partial charge on any atom is 0.138 e. The number of benzene rings is 2. The lowest BCUT2D eigenvalue weighted by atomic mass is 10.1. The van der Waals surface area contributed by atoms with Crippen LogP contribution in [0, 0.1) is 13.8 Å². The van der Waals surface area contributed by atoms with Gasteiger partial charge < -0.3 is 4.74 Å². The fourth-order valence-corrected chi connectivity index (χ4v) is 2.52. The summed E-state index contributed by atoms with van der Waals surface area (Å²) in [7, 11) is 0. The molecule has 106 valence electrons. The Bertz CT molecular complexity index is 798. The molecule has 0 N–H and O–H groups in total. The maximum atomic E-state index is 6.12. The van der Waals surface area contributed by atoms with Crippen LogP contribution in [0.5, 0.6) is 11.5 Å². The normalized spacial score (nSPS) is 10.8. The van der Waals surface area contributed by atoms with E-state index in [-0.39, 0.29) is 0 Å². The van der Waals surface area contributed by atoms with Crippen LogP contribution in [0.2, 0.25) is 0 Å². The number of hydrogen-bond donors (Lipinski definition) is 0. The number of para-hydroxylation sites is 1. The van der Waals surface area contributed by atoms with Crippen LogP contribution in [0.1, 0.15) is 16.8 Å². The summed E-state index contributed by atoms with van der Waals surface area (Å²) in [6, 6.07) is 16.0. The average molecular weight is 298 g/mol. The Balaban J connectivity index is 2.10. The van der Waals surface area contributed by atoms with Crippen LogP contribution >= 0.6 is 11.6 Å². The minimum absolute atomic E-state index is 0.369. The van der Waals surface area contributed by atoms with Gasteiger partial charge in [0, 0.05) is 11.5 Å². The minimum atomic E-state index is 0.369. The number of fused-ring (bicyclic) bond motifs is 1. The molecule has 0 fully saturated rings. The van der Waals surface area contributed by atoms with Crippen molar-refractivity contribution in [1.29, 1.82) is 0 Å². The summed E-state index contributed by atoms with van der Waals surface area (Å²) < 4.78 is 6.12. The van der Waals surface area contributed by atoms with Gasteiger partial charge in [0.05, 0.1) is 17.1 Å². The topological polar surface area (TPSA) is 22.1 Å². The second-order valence-corrected chi connectivity index (χ2v) is 5.40. The zero-order chi connectivity index (χ0) is 14.8. The van der Waals surface area contributed by atoms with Crippen LogP contribution < -0.4 is 4.74 Å². The number of rotatable bonds is 3. The SMILES string of the molecule is Cc1ccc(Oc2cc(CCl)nc3ccccc23)c(C)c1. The Kier molecular flexibility index (Phi) is 3.80. The highest BCUT2D eigenvalue weighted by atomic mass is 35.5. The fourth-order valence-electron chi connectivity index (χ4n) is 2.38. The number of pyridine rings is 1. The number of alkyl halides is 1. The third kappa shape index (κ3) is 2.86.